The summed E-state index contributed by atoms with van der Waals surface area (Å²) in [6, 6.07) is 19.0. The maximum absolute atomic E-state index is 13.0. The molecule has 0 unspecified atom stereocenters. The lowest BCUT2D eigenvalue weighted by Crippen LogP contribution is -2.27. The highest BCUT2D eigenvalue weighted by Crippen LogP contribution is 2.36. The van der Waals surface area contributed by atoms with Gasteiger partial charge >= 0.3 is 0 Å². The number of halogens is 1. The smallest absolute Gasteiger partial charge is 0.270 e. The summed E-state index contributed by atoms with van der Waals surface area (Å²) in [5.41, 5.74) is 2.07. The molecule has 6 nitrogen and oxygen atoms in total. The minimum Gasteiger partial charge on any atom is -0.489 e. The topological polar surface area (TPSA) is 72.7 Å². The molecule has 0 radical (unpaired) electrons. The first-order valence-electron chi connectivity index (χ1n) is 9.40. The van der Waals surface area contributed by atoms with Crippen molar-refractivity contribution in [3.8, 4) is 5.75 Å². The third-order valence-electron chi connectivity index (χ3n) is 4.61. The largest absolute Gasteiger partial charge is 0.489 e. The molecule has 0 N–H and O–H groups in total. The molecular weight excluding hydrogens is 451 g/mol. The van der Waals surface area contributed by atoms with Gasteiger partial charge in [0.25, 0.3) is 11.6 Å². The number of non-ortho nitro benzene ring substituents is 1. The number of nitro groups is 1. The molecule has 1 fully saturated rings. The quantitative estimate of drug-likeness (QED) is 0.200. The van der Waals surface area contributed by atoms with Gasteiger partial charge in [0.15, 0.2) is 4.32 Å². The number of ether oxygens (including phenoxy) is 1. The lowest BCUT2D eigenvalue weighted by atomic mass is 10.2. The molecular formula is C23H15FN2O4S2. The number of thiocarbonyl (C=S) groups is 1. The number of hydrogen-bond donors (Lipinski definition) is 0. The van der Waals surface area contributed by atoms with E-state index in [0.717, 1.165) is 11.1 Å². The van der Waals surface area contributed by atoms with Gasteiger partial charge in [-0.2, -0.15) is 0 Å². The number of amides is 1. The molecule has 0 atom stereocenters. The van der Waals surface area contributed by atoms with Crippen LogP contribution in [0.5, 0.6) is 5.75 Å². The normalized spacial score (nSPS) is 14.8. The third kappa shape index (κ3) is 4.84. The number of hydrogen-bond acceptors (Lipinski definition) is 6. The maximum atomic E-state index is 13.0. The fraction of sp³-hybridized carbons (Fsp3) is 0.0435. The van der Waals surface area contributed by atoms with E-state index in [2.05, 4.69) is 0 Å². The van der Waals surface area contributed by atoms with Gasteiger partial charge in [0.1, 0.15) is 18.2 Å². The molecule has 0 bridgehead atoms. The number of thioether (sulfide) groups is 1. The average Bonchev–Trinajstić information content (AvgIpc) is 3.07. The molecule has 0 aromatic heterocycles. The Labute approximate surface area is 192 Å². The van der Waals surface area contributed by atoms with Crippen LogP contribution in [-0.4, -0.2) is 15.2 Å². The molecule has 4 rings (SSSR count). The van der Waals surface area contributed by atoms with Gasteiger partial charge < -0.3 is 4.74 Å². The Hall–Kier alpha value is -3.56. The van der Waals surface area contributed by atoms with Crippen molar-refractivity contribution in [2.45, 2.75) is 6.61 Å². The molecule has 1 aliphatic heterocycles. The van der Waals surface area contributed by atoms with Gasteiger partial charge in [0, 0.05) is 12.1 Å². The van der Waals surface area contributed by atoms with Crippen LogP contribution in [0.25, 0.3) is 6.08 Å². The lowest BCUT2D eigenvalue weighted by molar-refractivity contribution is -0.384. The summed E-state index contributed by atoms with van der Waals surface area (Å²) in [5.74, 6) is 0.0625. The highest BCUT2D eigenvalue weighted by atomic mass is 32.2. The van der Waals surface area contributed by atoms with Crippen LogP contribution < -0.4 is 9.64 Å². The molecule has 0 spiro atoms. The Morgan fingerprint density at radius 2 is 1.69 bits per heavy atom. The van der Waals surface area contributed by atoms with E-state index in [0.29, 0.717) is 27.3 Å². The van der Waals surface area contributed by atoms with Crippen LogP contribution in [0.3, 0.4) is 0 Å². The summed E-state index contributed by atoms with van der Waals surface area (Å²) in [5, 5.41) is 10.8. The first-order valence-corrected chi connectivity index (χ1v) is 10.6. The highest BCUT2D eigenvalue weighted by molar-refractivity contribution is 8.27. The van der Waals surface area contributed by atoms with E-state index in [-0.39, 0.29) is 17.4 Å². The van der Waals surface area contributed by atoms with Crippen molar-refractivity contribution in [3.63, 3.8) is 0 Å². The Balaban J connectivity index is 1.44. The van der Waals surface area contributed by atoms with Crippen molar-refractivity contribution in [3.05, 3.63) is 105 Å². The fourth-order valence-corrected chi connectivity index (χ4v) is 4.27. The Morgan fingerprint density at radius 1 is 1.03 bits per heavy atom. The summed E-state index contributed by atoms with van der Waals surface area (Å²) in [6.45, 7) is 0.313. The average molecular weight is 467 g/mol. The van der Waals surface area contributed by atoms with E-state index in [1.54, 1.807) is 30.3 Å². The molecule has 0 saturated carbocycles. The Kier molecular flexibility index (Phi) is 6.29. The van der Waals surface area contributed by atoms with Crippen LogP contribution in [0.1, 0.15) is 11.1 Å². The van der Waals surface area contributed by atoms with Gasteiger partial charge in [-0.25, -0.2) is 4.39 Å². The standard InChI is InChI=1S/C23H15FN2O4S2/c24-17-5-1-16(2-6-17)14-30-20-11-3-15(4-12-20)13-21-22(27)25(23(31)32-21)18-7-9-19(10-8-18)26(28)29/h1-13H,14H2/b21-13+. The zero-order valence-corrected chi connectivity index (χ0v) is 18.1. The minimum absolute atomic E-state index is 0.0588. The molecule has 1 heterocycles. The number of carbonyl (C=O) groups excluding carboxylic acids is 1. The van der Waals surface area contributed by atoms with E-state index in [4.69, 9.17) is 17.0 Å². The zero-order valence-electron chi connectivity index (χ0n) is 16.4. The number of rotatable bonds is 6. The first kappa shape index (κ1) is 21.7. The van der Waals surface area contributed by atoms with E-state index in [1.807, 2.05) is 12.1 Å². The molecule has 32 heavy (non-hydrogen) atoms. The number of carbonyl (C=O) groups is 1. The van der Waals surface area contributed by atoms with E-state index >= 15 is 0 Å². The summed E-state index contributed by atoms with van der Waals surface area (Å²) in [6.07, 6.45) is 1.73. The van der Waals surface area contributed by atoms with Crippen molar-refractivity contribution in [1.29, 1.82) is 0 Å². The zero-order chi connectivity index (χ0) is 22.7. The molecule has 9 heteroatoms. The second-order valence-corrected chi connectivity index (χ2v) is 8.45. The molecule has 1 amide bonds. The van der Waals surface area contributed by atoms with Crippen LogP contribution in [0, 0.1) is 15.9 Å². The van der Waals surface area contributed by atoms with Crippen LogP contribution >= 0.6 is 24.0 Å². The summed E-state index contributed by atoms with van der Waals surface area (Å²) < 4.78 is 19.0. The number of anilines is 1. The Morgan fingerprint density at radius 3 is 2.31 bits per heavy atom. The van der Waals surface area contributed by atoms with E-state index in [9.17, 15) is 19.3 Å². The second-order valence-electron chi connectivity index (χ2n) is 6.77. The predicted molar refractivity (Wildman–Crippen MR) is 126 cm³/mol. The van der Waals surface area contributed by atoms with Gasteiger partial charge in [0.05, 0.1) is 15.5 Å². The van der Waals surface area contributed by atoms with Crippen LogP contribution in [0.4, 0.5) is 15.8 Å². The van der Waals surface area contributed by atoms with Crippen molar-refractivity contribution in [2.75, 3.05) is 4.90 Å². The van der Waals surface area contributed by atoms with E-state index < -0.39 is 4.92 Å². The van der Waals surface area contributed by atoms with Gasteiger partial charge in [-0.05, 0) is 53.6 Å². The van der Waals surface area contributed by atoms with E-state index in [1.165, 1.54) is 53.1 Å². The molecule has 3 aromatic rings. The van der Waals surface area contributed by atoms with Gasteiger partial charge in [-0.3, -0.25) is 19.8 Å². The van der Waals surface area contributed by atoms with Crippen molar-refractivity contribution >= 4 is 51.7 Å². The summed E-state index contributed by atoms with van der Waals surface area (Å²) >= 11 is 6.50. The van der Waals surface area contributed by atoms with Crippen molar-refractivity contribution < 1.29 is 18.8 Å². The SMILES string of the molecule is O=C1/C(=C\c2ccc(OCc3ccc(F)cc3)cc2)SC(=S)N1c1ccc([N+](=O)[O-])cc1. The molecule has 0 aliphatic carbocycles. The maximum Gasteiger partial charge on any atom is 0.270 e. The molecule has 1 saturated heterocycles. The van der Waals surface area contributed by atoms with Crippen LogP contribution in [-0.2, 0) is 11.4 Å². The van der Waals surface area contributed by atoms with Gasteiger partial charge in [-0.1, -0.05) is 48.2 Å². The Bertz CT molecular complexity index is 1210. The fourth-order valence-electron chi connectivity index (χ4n) is 2.97. The van der Waals surface area contributed by atoms with Crippen LogP contribution in [0.15, 0.2) is 77.7 Å². The predicted octanol–water partition coefficient (Wildman–Crippen LogP) is 5.72. The lowest BCUT2D eigenvalue weighted by Gasteiger charge is -2.13. The second kappa shape index (κ2) is 9.29. The first-order chi connectivity index (χ1) is 15.4. The van der Waals surface area contributed by atoms with Crippen molar-refractivity contribution in [1.82, 2.24) is 0 Å². The minimum atomic E-state index is -0.499. The molecule has 3 aromatic carbocycles. The van der Waals surface area contributed by atoms with Crippen LogP contribution in [0.2, 0.25) is 0 Å². The number of benzene rings is 3. The van der Waals surface area contributed by atoms with Crippen molar-refractivity contribution in [2.24, 2.45) is 0 Å². The number of nitrogens with zero attached hydrogens (tertiary/aromatic N) is 2. The molecule has 160 valence electrons. The van der Waals surface area contributed by atoms with Gasteiger partial charge in [-0.15, -0.1) is 0 Å². The third-order valence-corrected chi connectivity index (χ3v) is 5.91. The molecule has 1 aliphatic rings. The van der Waals surface area contributed by atoms with Gasteiger partial charge in [0.2, 0.25) is 0 Å². The summed E-state index contributed by atoms with van der Waals surface area (Å²) in [4.78, 5) is 25.0. The monoisotopic (exact) mass is 466 g/mol. The summed E-state index contributed by atoms with van der Waals surface area (Å²) in [7, 11) is 0. The number of nitro benzene ring substituents is 1. The highest BCUT2D eigenvalue weighted by Gasteiger charge is 2.33.